The van der Waals surface area contributed by atoms with Crippen molar-refractivity contribution in [3.05, 3.63) is 35.5 Å². The molecule has 0 aliphatic heterocycles. The maximum Gasteiger partial charge on any atom is -0.0143 e. The number of hydrogen-bond acceptors (Lipinski definition) is 0. The number of allylic oxidation sites excluding steroid dienone is 5. The minimum atomic E-state index is 0.567. The van der Waals surface area contributed by atoms with E-state index in [1.165, 1.54) is 69.8 Å². The van der Waals surface area contributed by atoms with Gasteiger partial charge in [-0.3, -0.25) is 0 Å². The molecule has 0 nitrogen and oxygen atoms in total. The van der Waals surface area contributed by atoms with Crippen LogP contribution in [0, 0.1) is 35.0 Å². The smallest absolute Gasteiger partial charge is 0.0143 e. The highest BCUT2D eigenvalue weighted by Gasteiger charge is 2.50. The van der Waals surface area contributed by atoms with Crippen molar-refractivity contribution < 1.29 is 0 Å². The molecule has 152 valence electrons. The van der Waals surface area contributed by atoms with Crippen LogP contribution in [0.25, 0.3) is 0 Å². The zero-order valence-electron chi connectivity index (χ0n) is 18.8. The van der Waals surface area contributed by atoms with E-state index in [-0.39, 0.29) is 0 Å². The average Bonchev–Trinajstić information content (AvgIpc) is 2.99. The quantitative estimate of drug-likeness (QED) is 0.427. The Balaban J connectivity index is 1.74. The van der Waals surface area contributed by atoms with Crippen LogP contribution in [0.1, 0.15) is 98.8 Å². The Morgan fingerprint density at radius 3 is 2.52 bits per heavy atom. The van der Waals surface area contributed by atoms with Crippen molar-refractivity contribution in [2.75, 3.05) is 0 Å². The molecule has 0 aromatic rings. The molecule has 0 heteroatoms. The van der Waals surface area contributed by atoms with Crippen LogP contribution in [0.15, 0.2) is 35.5 Å². The second-order valence-corrected chi connectivity index (χ2v) is 10.6. The summed E-state index contributed by atoms with van der Waals surface area (Å²) in [5, 5.41) is 0. The van der Waals surface area contributed by atoms with Gasteiger partial charge in [-0.25, -0.2) is 0 Å². The summed E-state index contributed by atoms with van der Waals surface area (Å²) in [6.07, 6.45) is 18.9. The molecule has 6 atom stereocenters. The predicted molar refractivity (Wildman–Crippen MR) is 120 cm³/mol. The number of unbranched alkanes of at least 4 members (excludes halogenated alkanes) is 1. The van der Waals surface area contributed by atoms with Gasteiger partial charge in [0.05, 0.1) is 0 Å². The van der Waals surface area contributed by atoms with Crippen molar-refractivity contribution in [3.8, 4) is 0 Å². The Labute approximate surface area is 169 Å². The van der Waals surface area contributed by atoms with Crippen molar-refractivity contribution >= 4 is 0 Å². The van der Waals surface area contributed by atoms with Crippen molar-refractivity contribution in [2.24, 2.45) is 35.0 Å². The standard InChI is InChI=1S/C27H44/c1-7-8-10-19(2)25-14-15-26-24(11-9-16-27(25,26)6)13-12-23-17-20(3)22(5)21(4)18-23/h12-13,19-21,25-26H,5,7-11,14-18H2,1-4,6H3/b24-13+/t19-,20+,21+,25?,26-,27+/m0/s1. The Kier molecular flexibility index (Phi) is 6.75. The third kappa shape index (κ3) is 4.30. The van der Waals surface area contributed by atoms with E-state index in [1.807, 2.05) is 0 Å². The van der Waals surface area contributed by atoms with Crippen LogP contribution in [0.2, 0.25) is 0 Å². The summed E-state index contributed by atoms with van der Waals surface area (Å²) in [6.45, 7) is 16.6. The molecular weight excluding hydrogens is 324 g/mol. The van der Waals surface area contributed by atoms with E-state index >= 15 is 0 Å². The van der Waals surface area contributed by atoms with Gasteiger partial charge in [0.2, 0.25) is 0 Å². The fourth-order valence-corrected chi connectivity index (χ4v) is 6.92. The molecular formula is C27H44. The van der Waals surface area contributed by atoms with Crippen molar-refractivity contribution in [1.82, 2.24) is 0 Å². The Bertz CT molecular complexity index is 575. The normalized spacial score (nSPS) is 39.5. The Hall–Kier alpha value is -0.780. The van der Waals surface area contributed by atoms with Crippen LogP contribution in [0.3, 0.4) is 0 Å². The summed E-state index contributed by atoms with van der Waals surface area (Å²) in [6, 6.07) is 0. The first-order chi connectivity index (χ1) is 12.9. The molecule has 1 unspecified atom stereocenters. The van der Waals surface area contributed by atoms with Gasteiger partial charge in [0, 0.05) is 0 Å². The molecule has 3 aliphatic carbocycles. The summed E-state index contributed by atoms with van der Waals surface area (Å²) < 4.78 is 0. The predicted octanol–water partition coefficient (Wildman–Crippen LogP) is 8.50. The van der Waals surface area contributed by atoms with Gasteiger partial charge in [0.25, 0.3) is 0 Å². The average molecular weight is 369 g/mol. The molecule has 0 radical (unpaired) electrons. The lowest BCUT2D eigenvalue weighted by molar-refractivity contribution is 0.0934. The minimum absolute atomic E-state index is 0.567. The lowest BCUT2D eigenvalue weighted by Gasteiger charge is -2.44. The molecule has 3 fully saturated rings. The van der Waals surface area contributed by atoms with Gasteiger partial charge < -0.3 is 0 Å². The van der Waals surface area contributed by atoms with E-state index in [0.717, 1.165) is 17.8 Å². The highest BCUT2D eigenvalue weighted by molar-refractivity contribution is 5.28. The lowest BCUT2D eigenvalue weighted by Crippen LogP contribution is -2.36. The molecule has 3 aliphatic rings. The van der Waals surface area contributed by atoms with E-state index in [0.29, 0.717) is 17.3 Å². The summed E-state index contributed by atoms with van der Waals surface area (Å²) >= 11 is 0. The maximum atomic E-state index is 4.32. The van der Waals surface area contributed by atoms with Crippen molar-refractivity contribution in [2.45, 2.75) is 98.8 Å². The lowest BCUT2D eigenvalue weighted by atomic mass is 9.60. The highest BCUT2D eigenvalue weighted by atomic mass is 14.5. The summed E-state index contributed by atoms with van der Waals surface area (Å²) in [4.78, 5) is 0. The minimum Gasteiger partial charge on any atom is -0.0993 e. The first-order valence-corrected chi connectivity index (χ1v) is 11.9. The summed E-state index contributed by atoms with van der Waals surface area (Å²) in [5.74, 6) is 4.02. The van der Waals surface area contributed by atoms with Crippen LogP contribution in [0.5, 0.6) is 0 Å². The molecule has 3 rings (SSSR count). The Morgan fingerprint density at radius 2 is 1.85 bits per heavy atom. The summed E-state index contributed by atoms with van der Waals surface area (Å²) in [7, 11) is 0. The van der Waals surface area contributed by atoms with Crippen molar-refractivity contribution in [1.29, 1.82) is 0 Å². The van der Waals surface area contributed by atoms with Crippen LogP contribution < -0.4 is 0 Å². The van der Waals surface area contributed by atoms with Gasteiger partial charge >= 0.3 is 0 Å². The van der Waals surface area contributed by atoms with Crippen LogP contribution in [-0.4, -0.2) is 0 Å². The van der Waals surface area contributed by atoms with E-state index in [2.05, 4.69) is 53.3 Å². The van der Waals surface area contributed by atoms with Gasteiger partial charge in [-0.2, -0.15) is 0 Å². The highest BCUT2D eigenvalue weighted by Crippen LogP contribution is 2.59. The van der Waals surface area contributed by atoms with Crippen molar-refractivity contribution in [3.63, 3.8) is 0 Å². The molecule has 0 heterocycles. The molecule has 0 aromatic carbocycles. The van der Waals surface area contributed by atoms with Gasteiger partial charge in [-0.1, -0.05) is 89.3 Å². The maximum absolute atomic E-state index is 4.32. The monoisotopic (exact) mass is 368 g/mol. The van der Waals surface area contributed by atoms with Gasteiger partial charge in [-0.05, 0) is 80.0 Å². The second-order valence-electron chi connectivity index (χ2n) is 10.6. The molecule has 0 saturated heterocycles. The molecule has 27 heavy (non-hydrogen) atoms. The molecule has 0 spiro atoms. The topological polar surface area (TPSA) is 0 Å². The molecule has 0 N–H and O–H groups in total. The zero-order chi connectivity index (χ0) is 19.6. The third-order valence-electron chi connectivity index (χ3n) is 8.67. The fraction of sp³-hybridized carbons (Fsp3) is 0.778. The number of rotatable bonds is 5. The zero-order valence-corrected chi connectivity index (χ0v) is 18.8. The van der Waals surface area contributed by atoms with E-state index in [9.17, 15) is 0 Å². The second kappa shape index (κ2) is 8.71. The molecule has 3 saturated carbocycles. The molecule has 0 amide bonds. The van der Waals surface area contributed by atoms with E-state index < -0.39 is 0 Å². The van der Waals surface area contributed by atoms with E-state index in [1.54, 1.807) is 11.1 Å². The number of fused-ring (bicyclic) bond motifs is 1. The van der Waals surface area contributed by atoms with Crippen LogP contribution in [-0.2, 0) is 0 Å². The SMILES string of the molecule is C=C1[C@H](C)CC(=C/C=C2\CCC[C@]3(C)C([C@@H](C)CCCC)CC[C@@H]23)C[C@H]1C. The van der Waals surface area contributed by atoms with Crippen LogP contribution >= 0.6 is 0 Å². The largest absolute Gasteiger partial charge is 0.0993 e. The third-order valence-corrected chi connectivity index (χ3v) is 8.67. The molecule has 0 aromatic heterocycles. The fourth-order valence-electron chi connectivity index (χ4n) is 6.92. The molecule has 0 bridgehead atoms. The van der Waals surface area contributed by atoms with Gasteiger partial charge in [0.15, 0.2) is 0 Å². The first-order valence-electron chi connectivity index (χ1n) is 11.9. The Morgan fingerprint density at radius 1 is 1.15 bits per heavy atom. The summed E-state index contributed by atoms with van der Waals surface area (Å²) in [5.41, 5.74) is 5.47. The first kappa shape index (κ1) is 20.9. The van der Waals surface area contributed by atoms with Crippen LogP contribution in [0.4, 0.5) is 0 Å². The van der Waals surface area contributed by atoms with Gasteiger partial charge in [0.1, 0.15) is 0 Å². The van der Waals surface area contributed by atoms with E-state index in [4.69, 9.17) is 0 Å². The van der Waals surface area contributed by atoms with Gasteiger partial charge in [-0.15, -0.1) is 0 Å². The number of hydrogen-bond donors (Lipinski definition) is 0.